The van der Waals surface area contributed by atoms with Crippen LogP contribution in [0.1, 0.15) is 106 Å². The van der Waals surface area contributed by atoms with Crippen LogP contribution in [0.2, 0.25) is 0 Å². The lowest BCUT2D eigenvalue weighted by Gasteiger charge is -2.64. The zero-order valence-corrected chi connectivity index (χ0v) is 27.5. The molecular formula is C35H58O8. The van der Waals surface area contributed by atoms with E-state index in [9.17, 15) is 30.3 Å². The predicted octanol–water partition coefficient (Wildman–Crippen LogP) is 3.83. The molecule has 6 fully saturated rings. The number of rotatable bonds is 7. The number of hydrogen-bond acceptors (Lipinski definition) is 8. The average molecular weight is 607 g/mol. The first kappa shape index (κ1) is 32.3. The number of carbonyl (C=O) groups is 1. The van der Waals surface area contributed by atoms with Gasteiger partial charge in [-0.1, -0.05) is 48.5 Å². The van der Waals surface area contributed by atoms with Gasteiger partial charge in [-0.05, 0) is 96.7 Å². The maximum atomic E-state index is 12.7. The molecular weight excluding hydrogens is 548 g/mol. The summed E-state index contributed by atoms with van der Waals surface area (Å²) in [5.41, 5.74) is -0.682. The number of ketones is 1. The molecule has 8 nitrogen and oxygen atoms in total. The molecule has 8 heteroatoms. The molecule has 246 valence electrons. The minimum absolute atomic E-state index is 0.0151. The van der Waals surface area contributed by atoms with Gasteiger partial charge >= 0.3 is 0 Å². The van der Waals surface area contributed by atoms with Crippen LogP contribution >= 0.6 is 0 Å². The fraction of sp³-hybridized carbons (Fsp3) is 0.971. The lowest BCUT2D eigenvalue weighted by atomic mass is 9.41. The molecule has 0 unspecified atom stereocenters. The molecule has 0 aromatic heterocycles. The van der Waals surface area contributed by atoms with E-state index in [1.807, 2.05) is 13.8 Å². The first-order valence-electron chi connectivity index (χ1n) is 17.2. The highest BCUT2D eigenvalue weighted by atomic mass is 16.7. The summed E-state index contributed by atoms with van der Waals surface area (Å²) in [5.74, 6) is 1.08. The van der Waals surface area contributed by atoms with Gasteiger partial charge in [0.25, 0.3) is 0 Å². The van der Waals surface area contributed by atoms with Crippen molar-refractivity contribution in [2.24, 2.45) is 56.7 Å². The van der Waals surface area contributed by atoms with Crippen LogP contribution in [0.3, 0.4) is 0 Å². The van der Waals surface area contributed by atoms with Crippen LogP contribution < -0.4 is 0 Å². The van der Waals surface area contributed by atoms with E-state index in [0.717, 1.165) is 44.9 Å². The van der Waals surface area contributed by atoms with Crippen molar-refractivity contribution in [2.75, 3.05) is 6.61 Å². The highest BCUT2D eigenvalue weighted by Crippen LogP contribution is 2.89. The minimum Gasteiger partial charge on any atom is -0.393 e. The molecule has 0 amide bonds. The fourth-order valence-corrected chi connectivity index (χ4v) is 12.5. The Balaban J connectivity index is 1.35. The Morgan fingerprint density at radius 1 is 0.884 bits per heavy atom. The molecule has 0 aromatic rings. The number of carbonyl (C=O) groups excluding carboxylic acids is 1. The van der Waals surface area contributed by atoms with Crippen molar-refractivity contribution in [3.05, 3.63) is 0 Å². The zero-order valence-electron chi connectivity index (χ0n) is 27.5. The van der Waals surface area contributed by atoms with Gasteiger partial charge in [-0.3, -0.25) is 4.79 Å². The van der Waals surface area contributed by atoms with Gasteiger partial charge in [-0.25, -0.2) is 0 Å². The van der Waals surface area contributed by atoms with E-state index in [1.165, 1.54) is 0 Å². The van der Waals surface area contributed by atoms with Crippen molar-refractivity contribution in [3.63, 3.8) is 0 Å². The molecule has 1 saturated heterocycles. The Morgan fingerprint density at radius 3 is 2.23 bits per heavy atom. The average Bonchev–Trinajstić information content (AvgIpc) is 3.57. The molecule has 43 heavy (non-hydrogen) atoms. The molecule has 5 saturated carbocycles. The van der Waals surface area contributed by atoms with Crippen molar-refractivity contribution < 1.29 is 39.8 Å². The van der Waals surface area contributed by atoms with Gasteiger partial charge in [0.1, 0.15) is 24.1 Å². The van der Waals surface area contributed by atoms with Crippen molar-refractivity contribution in [1.82, 2.24) is 0 Å². The normalized spacial score (nSPS) is 54.3. The van der Waals surface area contributed by atoms with Crippen LogP contribution in [0.4, 0.5) is 0 Å². The van der Waals surface area contributed by atoms with E-state index in [4.69, 9.17) is 9.47 Å². The van der Waals surface area contributed by atoms with E-state index in [0.29, 0.717) is 24.7 Å². The first-order chi connectivity index (χ1) is 20.0. The highest BCUT2D eigenvalue weighted by molar-refractivity contribution is 5.80. The molecule has 0 radical (unpaired) electrons. The number of fused-ring (bicyclic) bond motifs is 2. The Labute approximate surface area is 257 Å². The Kier molecular flexibility index (Phi) is 7.86. The van der Waals surface area contributed by atoms with E-state index < -0.39 is 30.7 Å². The van der Waals surface area contributed by atoms with Gasteiger partial charge in [0.15, 0.2) is 6.29 Å². The van der Waals surface area contributed by atoms with Crippen LogP contribution in [-0.4, -0.2) is 80.8 Å². The summed E-state index contributed by atoms with van der Waals surface area (Å²) in [6.07, 6.45) is 1.56. The molecule has 0 aromatic carbocycles. The van der Waals surface area contributed by atoms with Crippen molar-refractivity contribution in [2.45, 2.75) is 149 Å². The number of aliphatic hydroxyl groups excluding tert-OH is 5. The number of Topliss-reactive ketones (excluding diaryl/α,β-unsaturated/α-hetero) is 1. The lowest BCUT2D eigenvalue weighted by Crippen LogP contribution is -2.62. The Morgan fingerprint density at radius 2 is 1.56 bits per heavy atom. The van der Waals surface area contributed by atoms with E-state index in [2.05, 4.69) is 34.6 Å². The summed E-state index contributed by atoms with van der Waals surface area (Å²) >= 11 is 0. The van der Waals surface area contributed by atoms with Gasteiger partial charge in [-0.2, -0.15) is 0 Å². The summed E-state index contributed by atoms with van der Waals surface area (Å²) < 4.78 is 12.4. The molecule has 5 aliphatic carbocycles. The van der Waals surface area contributed by atoms with Crippen LogP contribution in [0.15, 0.2) is 0 Å². The topological polar surface area (TPSA) is 137 Å². The van der Waals surface area contributed by atoms with Gasteiger partial charge in [0, 0.05) is 17.8 Å². The van der Waals surface area contributed by atoms with Crippen LogP contribution in [-0.2, 0) is 14.3 Å². The molecule has 6 aliphatic rings. The SMILES string of the molecule is CC(C)C(=O)CC[C@@H](C)[C@H]1[C@@H](O[C@@H]2OC[C@H](O)[C@H](O)[C@H]2O)C[C@@]2(C)[C@@H]3CC[C@H]4C(C)(C)[C@@H](O)CC[C@@]45C[C@@]35[C@H](O)C[C@]12C. The minimum atomic E-state index is -1.36. The monoisotopic (exact) mass is 606 g/mol. The molecule has 0 bridgehead atoms. The molecule has 2 spiro atoms. The smallest absolute Gasteiger partial charge is 0.186 e. The van der Waals surface area contributed by atoms with Crippen molar-refractivity contribution >= 4 is 5.78 Å². The lowest BCUT2D eigenvalue weighted by molar-refractivity contribution is -0.288. The Bertz CT molecular complexity index is 1090. The van der Waals surface area contributed by atoms with Crippen LogP contribution in [0.25, 0.3) is 0 Å². The van der Waals surface area contributed by atoms with Gasteiger partial charge in [0.2, 0.25) is 0 Å². The summed E-state index contributed by atoms with van der Waals surface area (Å²) in [6, 6.07) is 0. The zero-order chi connectivity index (χ0) is 31.5. The molecule has 15 atom stereocenters. The third-order valence-corrected chi connectivity index (χ3v) is 15.0. The molecule has 5 N–H and O–H groups in total. The molecule has 1 heterocycles. The van der Waals surface area contributed by atoms with Gasteiger partial charge in [-0.15, -0.1) is 0 Å². The van der Waals surface area contributed by atoms with E-state index in [-0.39, 0.29) is 69.4 Å². The van der Waals surface area contributed by atoms with Gasteiger partial charge < -0.3 is 35.0 Å². The van der Waals surface area contributed by atoms with Crippen LogP contribution in [0.5, 0.6) is 0 Å². The first-order valence-corrected chi connectivity index (χ1v) is 17.2. The highest BCUT2D eigenvalue weighted by Gasteiger charge is 2.85. The summed E-state index contributed by atoms with van der Waals surface area (Å²) in [4.78, 5) is 12.7. The number of hydrogen-bond donors (Lipinski definition) is 5. The second-order valence-corrected chi connectivity index (χ2v) is 17.3. The van der Waals surface area contributed by atoms with Crippen molar-refractivity contribution in [3.8, 4) is 0 Å². The maximum Gasteiger partial charge on any atom is 0.186 e. The predicted molar refractivity (Wildman–Crippen MR) is 161 cm³/mol. The van der Waals surface area contributed by atoms with Gasteiger partial charge in [0.05, 0.1) is 24.9 Å². The molecule has 6 rings (SSSR count). The van der Waals surface area contributed by atoms with E-state index in [1.54, 1.807) is 0 Å². The third-order valence-electron chi connectivity index (χ3n) is 15.0. The quantitative estimate of drug-likeness (QED) is 0.295. The van der Waals surface area contributed by atoms with E-state index >= 15 is 0 Å². The maximum absolute atomic E-state index is 12.7. The second-order valence-electron chi connectivity index (χ2n) is 17.3. The largest absolute Gasteiger partial charge is 0.393 e. The van der Waals surface area contributed by atoms with Crippen molar-refractivity contribution in [1.29, 1.82) is 0 Å². The van der Waals surface area contributed by atoms with Crippen LogP contribution in [0, 0.1) is 56.7 Å². The number of ether oxygens (including phenoxy) is 2. The summed E-state index contributed by atoms with van der Waals surface area (Å²) in [5, 5.41) is 54.6. The third kappa shape index (κ3) is 4.29. The summed E-state index contributed by atoms with van der Waals surface area (Å²) in [6.45, 7) is 15.2. The fourth-order valence-electron chi connectivity index (χ4n) is 12.5. The second kappa shape index (κ2) is 10.4. The number of aliphatic hydroxyl groups is 5. The standard InChI is InChI=1S/C35H58O8/c1-18(2)20(36)9-8-19(3)27-22(43-30-29(41)28(40)21(37)16-42-30)14-32(6)24-11-10-23-31(4,5)25(38)12-13-34(23)17-35(24,34)26(39)15-33(27,32)7/h18-19,21-30,37-41H,8-17H2,1-7H3/t19-,21+,22+,23+,24+,25+,26-,27+,28+,29-,30+,32+,33-,34-,35+/m1/s1. The summed E-state index contributed by atoms with van der Waals surface area (Å²) in [7, 11) is 0. The molecule has 1 aliphatic heterocycles. The Hall–Kier alpha value is -0.610.